The summed E-state index contributed by atoms with van der Waals surface area (Å²) in [5.41, 5.74) is 3.66. The second-order valence-corrected chi connectivity index (χ2v) is 4.70. The van der Waals surface area contributed by atoms with Crippen LogP contribution < -0.4 is 0 Å². The predicted octanol–water partition coefficient (Wildman–Crippen LogP) is 3.39. The normalized spacial score (nSPS) is 18.1. The molecule has 1 aliphatic carbocycles. The van der Waals surface area contributed by atoms with Gasteiger partial charge in [-0.1, -0.05) is 31.2 Å². The molecule has 0 saturated heterocycles. The van der Waals surface area contributed by atoms with E-state index in [1.165, 1.54) is 17.1 Å². The summed E-state index contributed by atoms with van der Waals surface area (Å²) in [5.74, 6) is 1.67. The number of nitrogens with zero attached hydrogens (tertiary/aromatic N) is 2. The van der Waals surface area contributed by atoms with Gasteiger partial charge in [0.25, 0.3) is 0 Å². The summed E-state index contributed by atoms with van der Waals surface area (Å²) in [6.07, 6.45) is 5.52. The van der Waals surface area contributed by atoms with Gasteiger partial charge in [-0.15, -0.1) is 0 Å². The number of imidazole rings is 1. The Labute approximate surface area is 102 Å². The molecule has 86 valence electrons. The second kappa shape index (κ2) is 3.88. The zero-order chi connectivity index (χ0) is 11.8. The van der Waals surface area contributed by atoms with Crippen molar-refractivity contribution in [2.45, 2.75) is 20.3 Å². The summed E-state index contributed by atoms with van der Waals surface area (Å²) in [6.45, 7) is 4.31. The van der Waals surface area contributed by atoms with E-state index >= 15 is 0 Å². The zero-order valence-electron chi connectivity index (χ0n) is 10.2. The summed E-state index contributed by atoms with van der Waals surface area (Å²) in [4.78, 5) is 4.69. The largest absolute Gasteiger partial charge is 0.297 e. The van der Waals surface area contributed by atoms with Crippen molar-refractivity contribution in [2.24, 2.45) is 5.92 Å². The van der Waals surface area contributed by atoms with Gasteiger partial charge < -0.3 is 0 Å². The highest BCUT2D eigenvalue weighted by atomic mass is 15.1. The fraction of sp³-hybridized carbons (Fsp3) is 0.267. The van der Waals surface area contributed by atoms with Crippen LogP contribution in [0.15, 0.2) is 36.4 Å². The second-order valence-electron chi connectivity index (χ2n) is 4.70. The van der Waals surface area contributed by atoms with Crippen LogP contribution in [-0.4, -0.2) is 9.55 Å². The van der Waals surface area contributed by atoms with Crippen molar-refractivity contribution >= 4 is 6.08 Å². The third-order valence-corrected chi connectivity index (χ3v) is 3.27. The molecule has 17 heavy (non-hydrogen) atoms. The average molecular weight is 224 g/mol. The van der Waals surface area contributed by atoms with Crippen molar-refractivity contribution in [3.8, 4) is 5.69 Å². The first-order valence-electron chi connectivity index (χ1n) is 6.07. The first-order chi connectivity index (χ1) is 8.25. The van der Waals surface area contributed by atoms with Crippen LogP contribution in [0.3, 0.4) is 0 Å². The van der Waals surface area contributed by atoms with Gasteiger partial charge in [-0.2, -0.15) is 0 Å². The molecule has 1 heterocycles. The number of hydrogen-bond acceptors (Lipinski definition) is 1. The molecule has 2 heteroatoms. The molecule has 0 spiro atoms. The summed E-state index contributed by atoms with van der Waals surface area (Å²) in [5, 5.41) is 0. The minimum absolute atomic E-state index is 0.598. The fourth-order valence-electron chi connectivity index (χ4n) is 2.46. The van der Waals surface area contributed by atoms with Crippen LogP contribution in [-0.2, 0) is 6.42 Å². The molecule has 2 nitrogen and oxygen atoms in total. The van der Waals surface area contributed by atoms with Gasteiger partial charge in [-0.25, -0.2) is 4.98 Å². The maximum atomic E-state index is 4.69. The summed E-state index contributed by atoms with van der Waals surface area (Å²) < 4.78 is 2.23. The highest BCUT2D eigenvalue weighted by molar-refractivity contribution is 5.56. The topological polar surface area (TPSA) is 17.8 Å². The molecule has 3 rings (SSSR count). The molecular formula is C15H16N2. The number of hydrogen-bond donors (Lipinski definition) is 0. The molecule has 0 saturated carbocycles. The van der Waals surface area contributed by atoms with Crippen LogP contribution in [0.5, 0.6) is 0 Å². The van der Waals surface area contributed by atoms with E-state index in [1.54, 1.807) is 0 Å². The van der Waals surface area contributed by atoms with Crippen molar-refractivity contribution < 1.29 is 0 Å². The molecule has 1 unspecified atom stereocenters. The van der Waals surface area contributed by atoms with E-state index in [0.29, 0.717) is 5.92 Å². The van der Waals surface area contributed by atoms with Gasteiger partial charge in [0.1, 0.15) is 5.82 Å². The lowest BCUT2D eigenvalue weighted by Crippen LogP contribution is -2.05. The molecule has 1 aliphatic rings. The monoisotopic (exact) mass is 224 g/mol. The molecule has 0 aliphatic heterocycles. The lowest BCUT2D eigenvalue weighted by atomic mass is 9.98. The van der Waals surface area contributed by atoms with Gasteiger partial charge in [0.05, 0.1) is 11.4 Å². The molecule has 2 aromatic rings. The lowest BCUT2D eigenvalue weighted by molar-refractivity contribution is 0.701. The van der Waals surface area contributed by atoms with Gasteiger partial charge in [-0.3, -0.25) is 4.57 Å². The number of fused-ring (bicyclic) bond motifs is 1. The fourth-order valence-corrected chi connectivity index (χ4v) is 2.46. The summed E-state index contributed by atoms with van der Waals surface area (Å²) >= 11 is 0. The number of para-hydroxylation sites is 1. The molecule has 1 atom stereocenters. The highest BCUT2D eigenvalue weighted by Gasteiger charge is 2.18. The van der Waals surface area contributed by atoms with Crippen LogP contribution in [0.4, 0.5) is 0 Å². The molecule has 0 fully saturated rings. The quantitative estimate of drug-likeness (QED) is 0.726. The minimum atomic E-state index is 0.598. The van der Waals surface area contributed by atoms with E-state index in [2.05, 4.69) is 59.8 Å². The van der Waals surface area contributed by atoms with E-state index in [0.717, 1.165) is 12.2 Å². The molecule has 0 radical (unpaired) electrons. The zero-order valence-corrected chi connectivity index (χ0v) is 10.2. The number of aryl methyl sites for hydroxylation is 1. The predicted molar refractivity (Wildman–Crippen MR) is 70.2 cm³/mol. The van der Waals surface area contributed by atoms with Crippen LogP contribution in [0.1, 0.15) is 24.1 Å². The van der Waals surface area contributed by atoms with Crippen LogP contribution in [0.2, 0.25) is 0 Å². The smallest absolute Gasteiger partial charge is 0.110 e. The van der Waals surface area contributed by atoms with Gasteiger partial charge >= 0.3 is 0 Å². The van der Waals surface area contributed by atoms with E-state index in [1.807, 2.05) is 6.07 Å². The number of benzene rings is 1. The number of rotatable bonds is 1. The SMILES string of the molecule is Cc1nc2c(n1-c1ccccc1)C=CC(C)C2. The van der Waals surface area contributed by atoms with Crippen molar-refractivity contribution in [2.75, 3.05) is 0 Å². The van der Waals surface area contributed by atoms with Crippen molar-refractivity contribution in [1.29, 1.82) is 0 Å². The van der Waals surface area contributed by atoms with Crippen LogP contribution >= 0.6 is 0 Å². The maximum absolute atomic E-state index is 4.69. The standard InChI is InChI=1S/C15H16N2/c1-11-8-9-15-14(10-11)16-12(2)17(15)13-6-4-3-5-7-13/h3-9,11H,10H2,1-2H3. The third-order valence-electron chi connectivity index (χ3n) is 3.27. The molecule has 0 amide bonds. The Kier molecular flexibility index (Phi) is 2.36. The maximum Gasteiger partial charge on any atom is 0.110 e. The lowest BCUT2D eigenvalue weighted by Gasteiger charge is -2.13. The first kappa shape index (κ1) is 10.3. The molecule has 1 aromatic heterocycles. The average Bonchev–Trinajstić information content (AvgIpc) is 2.65. The molecule has 0 bridgehead atoms. The Hall–Kier alpha value is -1.83. The van der Waals surface area contributed by atoms with Gasteiger partial charge in [0, 0.05) is 5.69 Å². The molecule has 1 aromatic carbocycles. The van der Waals surface area contributed by atoms with E-state index in [4.69, 9.17) is 0 Å². The first-order valence-corrected chi connectivity index (χ1v) is 6.07. The Morgan fingerprint density at radius 3 is 2.76 bits per heavy atom. The summed E-state index contributed by atoms with van der Waals surface area (Å²) in [7, 11) is 0. The number of aromatic nitrogens is 2. The highest BCUT2D eigenvalue weighted by Crippen LogP contribution is 2.26. The minimum Gasteiger partial charge on any atom is -0.297 e. The third kappa shape index (κ3) is 1.70. The van der Waals surface area contributed by atoms with Crippen molar-refractivity contribution in [3.05, 3.63) is 53.6 Å². The van der Waals surface area contributed by atoms with Crippen molar-refractivity contribution in [3.63, 3.8) is 0 Å². The van der Waals surface area contributed by atoms with E-state index in [-0.39, 0.29) is 0 Å². The Morgan fingerprint density at radius 1 is 1.24 bits per heavy atom. The van der Waals surface area contributed by atoms with E-state index in [9.17, 15) is 0 Å². The van der Waals surface area contributed by atoms with Crippen LogP contribution in [0, 0.1) is 12.8 Å². The molecule has 0 N–H and O–H groups in total. The number of allylic oxidation sites excluding steroid dienone is 1. The molecular weight excluding hydrogens is 208 g/mol. The van der Waals surface area contributed by atoms with Crippen LogP contribution in [0.25, 0.3) is 11.8 Å². The van der Waals surface area contributed by atoms with Gasteiger partial charge in [0.15, 0.2) is 0 Å². The summed E-state index contributed by atoms with van der Waals surface area (Å²) in [6, 6.07) is 10.4. The van der Waals surface area contributed by atoms with E-state index < -0.39 is 0 Å². The van der Waals surface area contributed by atoms with Gasteiger partial charge in [-0.05, 0) is 37.5 Å². The van der Waals surface area contributed by atoms with Gasteiger partial charge in [0.2, 0.25) is 0 Å². The Morgan fingerprint density at radius 2 is 2.00 bits per heavy atom. The van der Waals surface area contributed by atoms with Crippen molar-refractivity contribution in [1.82, 2.24) is 9.55 Å². The Bertz CT molecular complexity index is 564. The Balaban J connectivity index is 2.18.